The van der Waals surface area contributed by atoms with Gasteiger partial charge in [-0.2, -0.15) is 0 Å². The van der Waals surface area contributed by atoms with E-state index in [2.05, 4.69) is 95.6 Å². The smallest absolute Gasteiger partial charge is 0.0712 e. The van der Waals surface area contributed by atoms with Gasteiger partial charge in [0.25, 0.3) is 0 Å². The first-order chi connectivity index (χ1) is 17.3. The van der Waals surface area contributed by atoms with Crippen molar-refractivity contribution in [2.24, 2.45) is 0 Å². The number of hydrogen-bond donors (Lipinski definition) is 2. The third-order valence-electron chi connectivity index (χ3n) is 6.64. The first kappa shape index (κ1) is 21.7. The van der Waals surface area contributed by atoms with Gasteiger partial charge in [-0.25, -0.2) is 9.97 Å². The van der Waals surface area contributed by atoms with Crippen molar-refractivity contribution in [3.8, 4) is 0 Å². The second-order valence-electron chi connectivity index (χ2n) is 9.04. The highest BCUT2D eigenvalue weighted by atomic mass is 14.9. The molecule has 2 N–H and O–H groups in total. The zero-order chi connectivity index (χ0) is 23.5. The Labute approximate surface area is 205 Å². The van der Waals surface area contributed by atoms with Gasteiger partial charge in [-0.05, 0) is 67.0 Å². The number of para-hydroxylation sites is 2. The lowest BCUT2D eigenvalue weighted by molar-refractivity contribution is 0.597. The summed E-state index contributed by atoms with van der Waals surface area (Å²) < 4.78 is 0. The lowest BCUT2D eigenvalue weighted by atomic mass is 10.1. The molecule has 0 spiro atoms. The second kappa shape index (κ2) is 9.79. The van der Waals surface area contributed by atoms with Crippen LogP contribution in [0.4, 0.5) is 0 Å². The van der Waals surface area contributed by atoms with E-state index in [1.54, 1.807) is 0 Å². The molecule has 4 nitrogen and oxygen atoms in total. The Kier molecular flexibility index (Phi) is 6.06. The SMILES string of the molecule is c1ccc2nc3cccc(CNCCCNCc4cccc5nc6ccccc6cc45)c3cc2c1. The minimum Gasteiger partial charge on any atom is -0.313 e. The van der Waals surface area contributed by atoms with Crippen molar-refractivity contribution in [1.82, 2.24) is 20.6 Å². The minimum absolute atomic E-state index is 0.847. The highest BCUT2D eigenvalue weighted by Crippen LogP contribution is 2.24. The van der Waals surface area contributed by atoms with Crippen molar-refractivity contribution in [2.75, 3.05) is 13.1 Å². The maximum atomic E-state index is 4.83. The zero-order valence-electron chi connectivity index (χ0n) is 19.7. The molecule has 0 atom stereocenters. The fraction of sp³-hybridized carbons (Fsp3) is 0.161. The average Bonchev–Trinajstić information content (AvgIpc) is 2.90. The first-order valence-corrected chi connectivity index (χ1v) is 12.3. The van der Waals surface area contributed by atoms with E-state index in [1.807, 2.05) is 12.1 Å². The van der Waals surface area contributed by atoms with Crippen LogP contribution in [0.25, 0.3) is 43.6 Å². The number of nitrogens with one attached hydrogen (secondary N) is 2. The van der Waals surface area contributed by atoms with E-state index < -0.39 is 0 Å². The molecule has 0 aliphatic heterocycles. The van der Waals surface area contributed by atoms with E-state index in [0.717, 1.165) is 54.7 Å². The van der Waals surface area contributed by atoms with Crippen LogP contribution in [-0.4, -0.2) is 23.1 Å². The molecule has 0 bridgehead atoms. The van der Waals surface area contributed by atoms with E-state index >= 15 is 0 Å². The third-order valence-corrected chi connectivity index (χ3v) is 6.64. The predicted octanol–water partition coefficient (Wildman–Crippen LogP) is 6.36. The molecule has 0 unspecified atom stereocenters. The topological polar surface area (TPSA) is 49.8 Å². The van der Waals surface area contributed by atoms with Crippen LogP contribution in [0.2, 0.25) is 0 Å². The summed E-state index contributed by atoms with van der Waals surface area (Å²) in [6.07, 6.45) is 1.07. The molecule has 6 rings (SSSR count). The first-order valence-electron chi connectivity index (χ1n) is 12.3. The van der Waals surface area contributed by atoms with Crippen molar-refractivity contribution < 1.29 is 0 Å². The molecule has 0 saturated heterocycles. The molecule has 2 heterocycles. The average molecular weight is 457 g/mol. The standard InChI is InChI=1S/C31H28N4/c1-3-12-28-22(8-1)18-26-24(10-5-14-30(26)34-28)20-32-16-7-17-33-21-25-11-6-15-31-27(25)19-23-9-2-4-13-29(23)35-31/h1-6,8-15,18-19,32-33H,7,16-17,20-21H2. The van der Waals surface area contributed by atoms with Crippen LogP contribution < -0.4 is 10.6 Å². The van der Waals surface area contributed by atoms with Gasteiger partial charge in [-0.15, -0.1) is 0 Å². The molecular weight excluding hydrogens is 428 g/mol. The second-order valence-corrected chi connectivity index (χ2v) is 9.04. The summed E-state index contributed by atoms with van der Waals surface area (Å²) in [5, 5.41) is 12.1. The number of rotatable bonds is 8. The Morgan fingerprint density at radius 2 is 0.943 bits per heavy atom. The van der Waals surface area contributed by atoms with Crippen molar-refractivity contribution in [3.05, 3.63) is 108 Å². The Balaban J connectivity index is 1.04. The summed E-state index contributed by atoms with van der Waals surface area (Å²) in [5.74, 6) is 0. The molecule has 4 aromatic carbocycles. The molecule has 0 fully saturated rings. The van der Waals surface area contributed by atoms with Crippen LogP contribution >= 0.6 is 0 Å². The van der Waals surface area contributed by atoms with Crippen molar-refractivity contribution >= 4 is 43.6 Å². The lowest BCUT2D eigenvalue weighted by Gasteiger charge is -2.11. The van der Waals surface area contributed by atoms with Gasteiger partial charge in [0.2, 0.25) is 0 Å². The summed E-state index contributed by atoms with van der Waals surface area (Å²) in [4.78, 5) is 9.66. The molecule has 6 aromatic rings. The van der Waals surface area contributed by atoms with Gasteiger partial charge in [-0.3, -0.25) is 0 Å². The monoisotopic (exact) mass is 456 g/mol. The molecule has 0 aliphatic carbocycles. The van der Waals surface area contributed by atoms with Crippen LogP contribution in [0, 0.1) is 0 Å². The van der Waals surface area contributed by atoms with Gasteiger partial charge in [0.05, 0.1) is 22.1 Å². The fourth-order valence-corrected chi connectivity index (χ4v) is 4.81. The van der Waals surface area contributed by atoms with Crippen LogP contribution in [0.15, 0.2) is 97.1 Å². The van der Waals surface area contributed by atoms with Crippen molar-refractivity contribution in [1.29, 1.82) is 0 Å². The molecule has 2 aromatic heterocycles. The van der Waals surface area contributed by atoms with Gasteiger partial charge < -0.3 is 10.6 Å². The van der Waals surface area contributed by atoms with Crippen molar-refractivity contribution in [2.45, 2.75) is 19.5 Å². The van der Waals surface area contributed by atoms with Gasteiger partial charge in [0.1, 0.15) is 0 Å². The third kappa shape index (κ3) is 4.59. The maximum Gasteiger partial charge on any atom is 0.0712 e. The molecule has 172 valence electrons. The lowest BCUT2D eigenvalue weighted by Crippen LogP contribution is -2.21. The largest absolute Gasteiger partial charge is 0.313 e. The Morgan fingerprint density at radius 1 is 0.486 bits per heavy atom. The van der Waals surface area contributed by atoms with Gasteiger partial charge in [-0.1, -0.05) is 60.7 Å². The Hall–Kier alpha value is -3.86. The van der Waals surface area contributed by atoms with E-state index in [4.69, 9.17) is 9.97 Å². The highest BCUT2D eigenvalue weighted by Gasteiger charge is 2.06. The molecule has 0 saturated carbocycles. The number of hydrogen-bond acceptors (Lipinski definition) is 4. The predicted molar refractivity (Wildman–Crippen MR) is 147 cm³/mol. The maximum absolute atomic E-state index is 4.83. The fourth-order valence-electron chi connectivity index (χ4n) is 4.81. The summed E-state index contributed by atoms with van der Waals surface area (Å²) >= 11 is 0. The minimum atomic E-state index is 0.847. The number of pyridine rings is 2. The summed E-state index contributed by atoms with van der Waals surface area (Å²) in [5.41, 5.74) is 6.80. The van der Waals surface area contributed by atoms with Crippen LogP contribution in [-0.2, 0) is 13.1 Å². The highest BCUT2D eigenvalue weighted by molar-refractivity contribution is 5.95. The van der Waals surface area contributed by atoms with E-state index in [9.17, 15) is 0 Å². The van der Waals surface area contributed by atoms with E-state index in [1.165, 1.54) is 32.7 Å². The molecule has 0 radical (unpaired) electrons. The van der Waals surface area contributed by atoms with Gasteiger partial charge >= 0.3 is 0 Å². The van der Waals surface area contributed by atoms with Crippen LogP contribution in [0.1, 0.15) is 17.5 Å². The number of nitrogens with zero attached hydrogens (tertiary/aromatic N) is 2. The molecule has 35 heavy (non-hydrogen) atoms. The number of aromatic nitrogens is 2. The van der Waals surface area contributed by atoms with E-state index in [0.29, 0.717) is 0 Å². The van der Waals surface area contributed by atoms with Crippen LogP contribution in [0.5, 0.6) is 0 Å². The van der Waals surface area contributed by atoms with Crippen molar-refractivity contribution in [3.63, 3.8) is 0 Å². The number of benzene rings is 4. The molecule has 4 heteroatoms. The van der Waals surface area contributed by atoms with Crippen LogP contribution in [0.3, 0.4) is 0 Å². The van der Waals surface area contributed by atoms with Gasteiger partial charge in [0, 0.05) is 34.6 Å². The quantitative estimate of drug-likeness (QED) is 0.207. The Morgan fingerprint density at radius 3 is 1.46 bits per heavy atom. The summed E-state index contributed by atoms with van der Waals surface area (Å²) in [7, 11) is 0. The Bertz CT molecular complexity index is 1520. The molecular formula is C31H28N4. The van der Waals surface area contributed by atoms with E-state index in [-0.39, 0.29) is 0 Å². The molecule has 0 amide bonds. The molecule has 0 aliphatic rings. The normalized spacial score (nSPS) is 11.7. The van der Waals surface area contributed by atoms with Gasteiger partial charge in [0.15, 0.2) is 0 Å². The summed E-state index contributed by atoms with van der Waals surface area (Å²) in [6.45, 7) is 3.62. The number of fused-ring (bicyclic) bond motifs is 4. The summed E-state index contributed by atoms with van der Waals surface area (Å²) in [6, 6.07) is 33.9. The zero-order valence-corrected chi connectivity index (χ0v) is 19.7.